The molecule has 2 heterocycles. The van der Waals surface area contributed by atoms with Crippen LogP contribution in [0.3, 0.4) is 0 Å². The van der Waals surface area contributed by atoms with E-state index in [4.69, 9.17) is 10.5 Å². The van der Waals surface area contributed by atoms with E-state index in [0.717, 1.165) is 56.1 Å². The minimum atomic E-state index is -0.0446. The Morgan fingerprint density at radius 1 is 1.23 bits per heavy atom. The van der Waals surface area contributed by atoms with E-state index in [1.165, 1.54) is 0 Å². The van der Waals surface area contributed by atoms with Crippen molar-refractivity contribution in [2.45, 2.75) is 0 Å². The van der Waals surface area contributed by atoms with Gasteiger partial charge in [0, 0.05) is 46.0 Å². The van der Waals surface area contributed by atoms with Gasteiger partial charge in [0.15, 0.2) is 0 Å². The molecule has 1 aliphatic rings. The maximum atomic E-state index is 12.1. The van der Waals surface area contributed by atoms with Crippen LogP contribution in [0.1, 0.15) is 0 Å². The molecule has 0 atom stereocenters. The van der Waals surface area contributed by atoms with Gasteiger partial charge < -0.3 is 15.8 Å². The predicted octanol–water partition coefficient (Wildman–Crippen LogP) is 0.203. The summed E-state index contributed by atoms with van der Waals surface area (Å²) in [5, 5.41) is 3.42. The molecule has 1 aliphatic heterocycles. The molecular weight excluding hydrogens is 282 g/mol. The summed E-state index contributed by atoms with van der Waals surface area (Å²) in [6.45, 7) is 5.29. The van der Waals surface area contributed by atoms with Gasteiger partial charge in [-0.25, -0.2) is 4.79 Å². The number of ether oxygens (including phenoxy) is 1. The highest BCUT2D eigenvalue weighted by molar-refractivity contribution is 5.92. The first-order valence-corrected chi connectivity index (χ1v) is 7.57. The summed E-state index contributed by atoms with van der Waals surface area (Å²) in [5.74, 6) is 0. The standard InChI is InChI=1S/C15H23N5O2/c1-18-13-10-11(16)9-12(14(13)19(2)15(18)21)17-3-4-20-5-7-22-8-6-20/h9-10,17H,3-8,16H2,1-2H3. The van der Waals surface area contributed by atoms with Crippen molar-refractivity contribution < 1.29 is 4.74 Å². The van der Waals surface area contributed by atoms with Crippen molar-refractivity contribution in [2.24, 2.45) is 14.1 Å². The van der Waals surface area contributed by atoms with Gasteiger partial charge in [-0.2, -0.15) is 0 Å². The number of aryl methyl sites for hydroxylation is 2. The average molecular weight is 305 g/mol. The maximum Gasteiger partial charge on any atom is 0.328 e. The lowest BCUT2D eigenvalue weighted by molar-refractivity contribution is 0.0398. The van der Waals surface area contributed by atoms with Crippen molar-refractivity contribution in [2.75, 3.05) is 50.4 Å². The Kier molecular flexibility index (Phi) is 4.08. The van der Waals surface area contributed by atoms with Gasteiger partial charge in [-0.15, -0.1) is 0 Å². The molecule has 1 fully saturated rings. The van der Waals surface area contributed by atoms with Gasteiger partial charge in [-0.3, -0.25) is 14.0 Å². The number of nitrogens with two attached hydrogens (primary N) is 1. The molecule has 0 bridgehead atoms. The summed E-state index contributed by atoms with van der Waals surface area (Å²) in [6, 6.07) is 3.73. The Hall–Kier alpha value is -1.99. The Labute approximate surface area is 129 Å². The van der Waals surface area contributed by atoms with Crippen molar-refractivity contribution in [1.82, 2.24) is 14.0 Å². The maximum absolute atomic E-state index is 12.1. The van der Waals surface area contributed by atoms with Crippen LogP contribution in [0.5, 0.6) is 0 Å². The summed E-state index contributed by atoms with van der Waals surface area (Å²) in [6.07, 6.45) is 0. The lowest BCUT2D eigenvalue weighted by Gasteiger charge is -2.26. The number of nitrogens with zero attached hydrogens (tertiary/aromatic N) is 3. The zero-order valence-electron chi connectivity index (χ0n) is 13.1. The fraction of sp³-hybridized carbons (Fsp3) is 0.533. The van der Waals surface area contributed by atoms with Gasteiger partial charge >= 0.3 is 5.69 Å². The van der Waals surface area contributed by atoms with Gasteiger partial charge in [-0.05, 0) is 12.1 Å². The van der Waals surface area contributed by atoms with Crippen LogP contribution < -0.4 is 16.7 Å². The molecule has 120 valence electrons. The highest BCUT2D eigenvalue weighted by Crippen LogP contribution is 2.25. The smallest absolute Gasteiger partial charge is 0.328 e. The van der Waals surface area contributed by atoms with Gasteiger partial charge in [0.05, 0.1) is 29.9 Å². The van der Waals surface area contributed by atoms with E-state index >= 15 is 0 Å². The molecule has 1 saturated heterocycles. The molecule has 7 nitrogen and oxygen atoms in total. The first-order chi connectivity index (χ1) is 10.6. The molecule has 3 N–H and O–H groups in total. The second kappa shape index (κ2) is 6.02. The minimum Gasteiger partial charge on any atom is -0.399 e. The number of anilines is 2. The van der Waals surface area contributed by atoms with Gasteiger partial charge in [-0.1, -0.05) is 0 Å². The van der Waals surface area contributed by atoms with E-state index in [9.17, 15) is 4.79 Å². The van der Waals surface area contributed by atoms with Crippen LogP contribution in [0.2, 0.25) is 0 Å². The van der Waals surface area contributed by atoms with Gasteiger partial charge in [0.1, 0.15) is 0 Å². The van der Waals surface area contributed by atoms with Crippen LogP contribution >= 0.6 is 0 Å². The van der Waals surface area contributed by atoms with Crippen LogP contribution in [0, 0.1) is 0 Å². The number of rotatable bonds is 4. The number of morpholine rings is 1. The van der Waals surface area contributed by atoms with Crippen LogP contribution in [-0.4, -0.2) is 53.4 Å². The topological polar surface area (TPSA) is 77.5 Å². The zero-order valence-corrected chi connectivity index (χ0v) is 13.1. The lowest BCUT2D eigenvalue weighted by atomic mass is 10.2. The van der Waals surface area contributed by atoms with Crippen molar-refractivity contribution in [3.05, 3.63) is 22.6 Å². The molecule has 2 aromatic rings. The third-order valence-electron chi connectivity index (χ3n) is 4.23. The molecule has 1 aromatic carbocycles. The van der Waals surface area contributed by atoms with E-state index in [1.807, 2.05) is 12.1 Å². The molecule has 0 amide bonds. The summed E-state index contributed by atoms with van der Waals surface area (Å²) >= 11 is 0. The van der Waals surface area contributed by atoms with E-state index in [-0.39, 0.29) is 5.69 Å². The molecule has 0 unspecified atom stereocenters. The first kappa shape index (κ1) is 14.9. The molecular formula is C15H23N5O2. The fourth-order valence-electron chi connectivity index (χ4n) is 2.98. The predicted molar refractivity (Wildman–Crippen MR) is 88.3 cm³/mol. The number of nitrogens with one attached hydrogen (secondary N) is 1. The van der Waals surface area contributed by atoms with Crippen molar-refractivity contribution in [1.29, 1.82) is 0 Å². The first-order valence-electron chi connectivity index (χ1n) is 7.57. The Bertz CT molecular complexity index is 728. The van der Waals surface area contributed by atoms with Gasteiger partial charge in [0.25, 0.3) is 0 Å². The minimum absolute atomic E-state index is 0.0446. The van der Waals surface area contributed by atoms with Crippen molar-refractivity contribution in [3.63, 3.8) is 0 Å². The summed E-state index contributed by atoms with van der Waals surface area (Å²) in [4.78, 5) is 14.5. The number of benzene rings is 1. The van der Waals surface area contributed by atoms with Crippen LogP contribution in [0.15, 0.2) is 16.9 Å². The number of hydrogen-bond donors (Lipinski definition) is 2. The highest BCUT2D eigenvalue weighted by Gasteiger charge is 2.14. The van der Waals surface area contributed by atoms with E-state index in [2.05, 4.69) is 10.2 Å². The van der Waals surface area contributed by atoms with E-state index < -0.39 is 0 Å². The molecule has 7 heteroatoms. The number of nitrogen functional groups attached to an aromatic ring is 1. The molecule has 0 spiro atoms. The lowest BCUT2D eigenvalue weighted by Crippen LogP contribution is -2.39. The quantitative estimate of drug-likeness (QED) is 0.789. The van der Waals surface area contributed by atoms with Crippen LogP contribution in [-0.2, 0) is 18.8 Å². The van der Waals surface area contributed by atoms with Crippen LogP contribution in [0.25, 0.3) is 11.0 Å². The Balaban J connectivity index is 1.81. The van der Waals surface area contributed by atoms with Gasteiger partial charge in [0.2, 0.25) is 0 Å². The normalized spacial score (nSPS) is 16.3. The van der Waals surface area contributed by atoms with E-state index in [0.29, 0.717) is 5.69 Å². The molecule has 22 heavy (non-hydrogen) atoms. The molecule has 0 saturated carbocycles. The Morgan fingerprint density at radius 2 is 1.95 bits per heavy atom. The fourth-order valence-corrected chi connectivity index (χ4v) is 2.98. The molecule has 0 radical (unpaired) electrons. The second-order valence-electron chi connectivity index (χ2n) is 5.72. The SMILES string of the molecule is Cn1c(=O)n(C)c2c(NCCN3CCOCC3)cc(N)cc21. The average Bonchev–Trinajstić information content (AvgIpc) is 2.73. The number of hydrogen-bond acceptors (Lipinski definition) is 5. The molecule has 0 aliphatic carbocycles. The highest BCUT2D eigenvalue weighted by atomic mass is 16.5. The molecule has 1 aromatic heterocycles. The van der Waals surface area contributed by atoms with E-state index in [1.54, 1.807) is 23.2 Å². The monoisotopic (exact) mass is 305 g/mol. The summed E-state index contributed by atoms with van der Waals surface area (Å²) in [7, 11) is 3.55. The number of aromatic nitrogens is 2. The van der Waals surface area contributed by atoms with Crippen molar-refractivity contribution >= 4 is 22.4 Å². The third kappa shape index (κ3) is 2.69. The number of fused-ring (bicyclic) bond motifs is 1. The van der Waals surface area contributed by atoms with Crippen molar-refractivity contribution in [3.8, 4) is 0 Å². The zero-order chi connectivity index (χ0) is 15.7. The summed E-state index contributed by atoms with van der Waals surface area (Å²) < 4.78 is 8.63. The second-order valence-corrected chi connectivity index (χ2v) is 5.72. The summed E-state index contributed by atoms with van der Waals surface area (Å²) in [5.41, 5.74) is 9.23. The number of imidazole rings is 1. The Morgan fingerprint density at radius 3 is 2.68 bits per heavy atom. The third-order valence-corrected chi connectivity index (χ3v) is 4.23. The van der Waals surface area contributed by atoms with Crippen LogP contribution in [0.4, 0.5) is 11.4 Å². The largest absolute Gasteiger partial charge is 0.399 e. The molecule has 3 rings (SSSR count).